The van der Waals surface area contributed by atoms with E-state index in [1.54, 1.807) is 18.2 Å². The predicted molar refractivity (Wildman–Crippen MR) is 53.4 cm³/mol. The van der Waals surface area contributed by atoms with Crippen molar-refractivity contribution in [2.24, 2.45) is 0 Å². The van der Waals surface area contributed by atoms with E-state index >= 15 is 0 Å². The number of rotatable bonds is 1. The normalized spacial score (nSPS) is 11.1. The Morgan fingerprint density at radius 1 is 1.29 bits per heavy atom. The minimum Gasteiger partial charge on any atom is -0.440 e. The van der Waals surface area contributed by atoms with Crippen LogP contribution in [0.5, 0.6) is 5.75 Å². The molecule has 1 nitrogen and oxygen atoms in total. The van der Waals surface area contributed by atoms with Crippen LogP contribution in [-0.2, 0) is 0 Å². The van der Waals surface area contributed by atoms with Crippen molar-refractivity contribution in [2.75, 3.05) is 0 Å². The molecule has 0 N–H and O–H groups in total. The minimum absolute atomic E-state index is 0.0508. The van der Waals surface area contributed by atoms with Crippen LogP contribution in [0.4, 0.5) is 13.2 Å². The Morgan fingerprint density at radius 3 is 2.36 bits per heavy atom. The SMILES string of the molecule is FC(F)(F)C(=S)Oc1ccccc1Br. The topological polar surface area (TPSA) is 9.23 Å². The van der Waals surface area contributed by atoms with Crippen LogP contribution in [0.2, 0.25) is 0 Å². The summed E-state index contributed by atoms with van der Waals surface area (Å²) in [5, 5.41) is -1.40. The first-order valence-corrected chi connectivity index (χ1v) is 4.65. The summed E-state index contributed by atoms with van der Waals surface area (Å²) in [6, 6.07) is 6.17. The van der Waals surface area contributed by atoms with Crippen molar-refractivity contribution >= 4 is 33.2 Å². The molecule has 1 aromatic rings. The van der Waals surface area contributed by atoms with E-state index in [4.69, 9.17) is 0 Å². The molecule has 0 saturated heterocycles. The lowest BCUT2D eigenvalue weighted by atomic mass is 10.3. The van der Waals surface area contributed by atoms with Crippen molar-refractivity contribution in [1.29, 1.82) is 0 Å². The van der Waals surface area contributed by atoms with Crippen molar-refractivity contribution in [3.63, 3.8) is 0 Å². The lowest BCUT2D eigenvalue weighted by Gasteiger charge is -2.10. The molecule has 0 heterocycles. The van der Waals surface area contributed by atoms with Crippen molar-refractivity contribution in [2.45, 2.75) is 6.18 Å². The highest BCUT2D eigenvalue weighted by atomic mass is 79.9. The molecule has 0 radical (unpaired) electrons. The molecule has 0 saturated carbocycles. The van der Waals surface area contributed by atoms with Gasteiger partial charge in [-0.05, 0) is 40.3 Å². The third kappa shape index (κ3) is 2.95. The molecule has 0 atom stereocenters. The van der Waals surface area contributed by atoms with Crippen LogP contribution in [0, 0.1) is 0 Å². The number of thiocarbonyl (C=S) groups is 1. The molecule has 1 rings (SSSR count). The zero-order valence-electron chi connectivity index (χ0n) is 6.64. The van der Waals surface area contributed by atoms with Gasteiger partial charge in [0.1, 0.15) is 5.75 Å². The second-order valence-electron chi connectivity index (χ2n) is 2.32. The van der Waals surface area contributed by atoms with E-state index in [0.717, 1.165) is 0 Å². The number of halogens is 4. The average molecular weight is 285 g/mol. The Kier molecular flexibility index (Phi) is 3.49. The fourth-order valence-corrected chi connectivity index (χ4v) is 1.14. The van der Waals surface area contributed by atoms with Crippen molar-refractivity contribution in [1.82, 2.24) is 0 Å². The smallest absolute Gasteiger partial charge is 0.440 e. The number of benzene rings is 1. The minimum atomic E-state index is -4.61. The number of alkyl halides is 3. The van der Waals surface area contributed by atoms with Gasteiger partial charge in [-0.2, -0.15) is 13.2 Å². The Morgan fingerprint density at radius 2 is 1.86 bits per heavy atom. The highest BCUT2D eigenvalue weighted by molar-refractivity contribution is 9.10. The lowest BCUT2D eigenvalue weighted by Crippen LogP contribution is -2.26. The predicted octanol–water partition coefficient (Wildman–Crippen LogP) is 3.72. The average Bonchev–Trinajstić information content (AvgIpc) is 2.07. The molecule has 0 spiro atoms. The molecule has 6 heteroatoms. The third-order valence-corrected chi connectivity index (χ3v) is 2.24. The monoisotopic (exact) mass is 284 g/mol. The maximum absolute atomic E-state index is 12.0. The fourth-order valence-electron chi connectivity index (χ4n) is 0.685. The molecule has 0 amide bonds. The molecule has 0 aromatic heterocycles. The summed E-state index contributed by atoms with van der Waals surface area (Å²) in [7, 11) is 0. The van der Waals surface area contributed by atoms with Crippen LogP contribution in [0.1, 0.15) is 0 Å². The largest absolute Gasteiger partial charge is 0.460 e. The number of ether oxygens (including phenoxy) is 1. The molecule has 0 aliphatic heterocycles. The summed E-state index contributed by atoms with van der Waals surface area (Å²) in [4.78, 5) is 0. The second kappa shape index (κ2) is 4.27. The van der Waals surface area contributed by atoms with Crippen LogP contribution in [0.25, 0.3) is 0 Å². The third-order valence-electron chi connectivity index (χ3n) is 1.27. The quantitative estimate of drug-likeness (QED) is 0.727. The summed E-state index contributed by atoms with van der Waals surface area (Å²) in [5.41, 5.74) is 0. The van der Waals surface area contributed by atoms with Gasteiger partial charge in [-0.1, -0.05) is 12.1 Å². The van der Waals surface area contributed by atoms with Gasteiger partial charge in [-0.25, -0.2) is 0 Å². The molecule has 1 aromatic carbocycles. The number of para-hydroxylation sites is 1. The van der Waals surface area contributed by atoms with Gasteiger partial charge in [0.2, 0.25) is 0 Å². The van der Waals surface area contributed by atoms with Gasteiger partial charge in [0.05, 0.1) is 4.47 Å². The summed E-state index contributed by atoms with van der Waals surface area (Å²) in [5.74, 6) is 0.0508. The van der Waals surface area contributed by atoms with Gasteiger partial charge in [0, 0.05) is 0 Å². The Balaban J connectivity index is 2.80. The van der Waals surface area contributed by atoms with Gasteiger partial charge in [0.15, 0.2) is 0 Å². The maximum Gasteiger partial charge on any atom is 0.460 e. The molecular formula is C8H4BrF3OS. The Bertz CT molecular complexity index is 351. The van der Waals surface area contributed by atoms with Crippen LogP contribution < -0.4 is 4.74 Å². The van der Waals surface area contributed by atoms with E-state index in [0.29, 0.717) is 4.47 Å². The Hall–Kier alpha value is -0.620. The molecule has 0 unspecified atom stereocenters. The number of hydrogen-bond donors (Lipinski definition) is 0. The Labute approximate surface area is 92.0 Å². The molecule has 0 aliphatic rings. The fraction of sp³-hybridized carbons (Fsp3) is 0.125. The number of hydrogen-bond acceptors (Lipinski definition) is 2. The van der Waals surface area contributed by atoms with Gasteiger partial charge in [-0.3, -0.25) is 0 Å². The van der Waals surface area contributed by atoms with E-state index in [1.807, 2.05) is 0 Å². The summed E-state index contributed by atoms with van der Waals surface area (Å²) < 4.78 is 40.8. The summed E-state index contributed by atoms with van der Waals surface area (Å²) in [6.45, 7) is 0. The molecule has 0 fully saturated rings. The van der Waals surface area contributed by atoms with Crippen LogP contribution in [0.15, 0.2) is 28.7 Å². The molecule has 14 heavy (non-hydrogen) atoms. The zero-order valence-corrected chi connectivity index (χ0v) is 9.04. The van der Waals surface area contributed by atoms with Crippen LogP contribution in [-0.4, -0.2) is 11.2 Å². The maximum atomic E-state index is 12.0. The molecule has 76 valence electrons. The van der Waals surface area contributed by atoms with E-state index in [2.05, 4.69) is 32.9 Å². The molecular weight excluding hydrogens is 281 g/mol. The first-order valence-electron chi connectivity index (χ1n) is 3.45. The van der Waals surface area contributed by atoms with Crippen molar-refractivity contribution < 1.29 is 17.9 Å². The van der Waals surface area contributed by atoms with Crippen molar-refractivity contribution in [3.8, 4) is 5.75 Å². The van der Waals surface area contributed by atoms with E-state index in [1.165, 1.54) is 6.07 Å². The lowest BCUT2D eigenvalue weighted by molar-refractivity contribution is -0.0677. The summed E-state index contributed by atoms with van der Waals surface area (Å²) >= 11 is 7.10. The van der Waals surface area contributed by atoms with Gasteiger partial charge < -0.3 is 4.74 Å². The standard InChI is InChI=1S/C8H4BrF3OS/c9-5-3-1-2-4-6(5)13-7(14)8(10,11)12/h1-4H. The highest BCUT2D eigenvalue weighted by Gasteiger charge is 2.36. The van der Waals surface area contributed by atoms with Crippen LogP contribution >= 0.6 is 28.1 Å². The highest BCUT2D eigenvalue weighted by Crippen LogP contribution is 2.27. The van der Waals surface area contributed by atoms with E-state index in [-0.39, 0.29) is 5.75 Å². The zero-order chi connectivity index (χ0) is 10.8. The summed E-state index contributed by atoms with van der Waals surface area (Å²) in [6.07, 6.45) is -4.61. The van der Waals surface area contributed by atoms with Gasteiger partial charge >= 0.3 is 6.18 Å². The van der Waals surface area contributed by atoms with Gasteiger partial charge in [0.25, 0.3) is 5.05 Å². The molecule has 0 bridgehead atoms. The van der Waals surface area contributed by atoms with Crippen LogP contribution in [0.3, 0.4) is 0 Å². The van der Waals surface area contributed by atoms with Gasteiger partial charge in [-0.15, -0.1) is 0 Å². The first-order chi connectivity index (χ1) is 6.41. The van der Waals surface area contributed by atoms with E-state index < -0.39 is 11.2 Å². The first kappa shape index (κ1) is 11.5. The molecule has 0 aliphatic carbocycles. The van der Waals surface area contributed by atoms with Crippen molar-refractivity contribution in [3.05, 3.63) is 28.7 Å². The van der Waals surface area contributed by atoms with E-state index in [9.17, 15) is 13.2 Å². The second-order valence-corrected chi connectivity index (χ2v) is 3.54.